The number of anilines is 1. The Balaban J connectivity index is 1.86. The number of fused-ring (bicyclic) bond motifs is 1. The third-order valence-electron chi connectivity index (χ3n) is 3.33. The largest absolute Gasteiger partial charge is 0.380 e. The zero-order valence-electron chi connectivity index (χ0n) is 11.7. The molecule has 2 heterocycles. The van der Waals surface area contributed by atoms with E-state index in [-0.39, 0.29) is 0 Å². The molecule has 0 aliphatic heterocycles. The molecule has 0 saturated carbocycles. The van der Waals surface area contributed by atoms with E-state index in [1.54, 1.807) is 11.3 Å². The molecular formula is C16H17N3S. The zero-order valence-corrected chi connectivity index (χ0v) is 12.5. The smallest absolute Gasteiger partial charge is 0.0925 e. The van der Waals surface area contributed by atoms with Crippen molar-refractivity contribution in [3.8, 4) is 0 Å². The van der Waals surface area contributed by atoms with Crippen molar-refractivity contribution in [1.29, 1.82) is 0 Å². The van der Waals surface area contributed by atoms with Crippen molar-refractivity contribution < 1.29 is 0 Å². The minimum atomic E-state index is 0.810. The van der Waals surface area contributed by atoms with Crippen LogP contribution in [-0.4, -0.2) is 9.97 Å². The molecule has 0 aliphatic rings. The van der Waals surface area contributed by atoms with Crippen molar-refractivity contribution in [3.63, 3.8) is 0 Å². The maximum Gasteiger partial charge on any atom is 0.0925 e. The van der Waals surface area contributed by atoms with Crippen LogP contribution in [0.1, 0.15) is 22.4 Å². The Morgan fingerprint density at radius 1 is 1.20 bits per heavy atom. The highest BCUT2D eigenvalue weighted by Crippen LogP contribution is 2.25. The summed E-state index contributed by atoms with van der Waals surface area (Å²) in [4.78, 5) is 10.1. The highest BCUT2D eigenvalue weighted by molar-refractivity contribution is 7.11. The van der Waals surface area contributed by atoms with Gasteiger partial charge in [-0.3, -0.25) is 4.98 Å². The molecule has 0 unspecified atom stereocenters. The van der Waals surface area contributed by atoms with Gasteiger partial charge >= 0.3 is 0 Å². The maximum atomic E-state index is 4.46. The Morgan fingerprint density at radius 2 is 2.10 bits per heavy atom. The molecule has 1 aromatic carbocycles. The Kier molecular flexibility index (Phi) is 3.65. The van der Waals surface area contributed by atoms with Gasteiger partial charge in [-0.25, -0.2) is 4.98 Å². The van der Waals surface area contributed by atoms with E-state index >= 15 is 0 Å². The van der Waals surface area contributed by atoms with E-state index < -0.39 is 0 Å². The van der Waals surface area contributed by atoms with Crippen molar-refractivity contribution in [2.75, 3.05) is 5.32 Å². The van der Waals surface area contributed by atoms with Crippen LogP contribution in [0.15, 0.2) is 36.7 Å². The summed E-state index contributed by atoms with van der Waals surface area (Å²) < 4.78 is 0. The molecule has 4 heteroatoms. The predicted molar refractivity (Wildman–Crippen MR) is 85.3 cm³/mol. The number of thiazole rings is 1. The molecule has 0 atom stereocenters. The lowest BCUT2D eigenvalue weighted by Gasteiger charge is -2.09. The molecule has 1 N–H and O–H groups in total. The monoisotopic (exact) mass is 283 g/mol. The molecule has 0 saturated heterocycles. The molecule has 0 fully saturated rings. The van der Waals surface area contributed by atoms with Crippen LogP contribution in [-0.2, 0) is 13.0 Å². The van der Waals surface area contributed by atoms with Crippen molar-refractivity contribution >= 4 is 27.9 Å². The number of benzene rings is 1. The minimum absolute atomic E-state index is 0.810. The number of pyridine rings is 1. The predicted octanol–water partition coefficient (Wildman–Crippen LogP) is 4.17. The quantitative estimate of drug-likeness (QED) is 0.780. The maximum absolute atomic E-state index is 4.46. The summed E-state index contributed by atoms with van der Waals surface area (Å²) in [5.74, 6) is 0. The number of hydrogen-bond donors (Lipinski definition) is 1. The van der Waals surface area contributed by atoms with Crippen LogP contribution in [0.4, 0.5) is 5.69 Å². The van der Waals surface area contributed by atoms with Crippen LogP contribution >= 0.6 is 11.3 Å². The van der Waals surface area contributed by atoms with Gasteiger partial charge in [-0.1, -0.05) is 13.0 Å². The Morgan fingerprint density at radius 3 is 2.90 bits per heavy atom. The van der Waals surface area contributed by atoms with E-state index in [0.717, 1.165) is 24.2 Å². The minimum Gasteiger partial charge on any atom is -0.380 e. The highest BCUT2D eigenvalue weighted by atomic mass is 32.1. The fraction of sp³-hybridized carbons (Fsp3) is 0.250. The fourth-order valence-electron chi connectivity index (χ4n) is 2.24. The van der Waals surface area contributed by atoms with E-state index in [1.807, 2.05) is 18.5 Å². The number of rotatable bonds is 4. The Bertz CT molecular complexity index is 733. The summed E-state index contributed by atoms with van der Waals surface area (Å²) in [6.45, 7) is 5.04. The van der Waals surface area contributed by atoms with Gasteiger partial charge in [0.1, 0.15) is 0 Å². The molecule has 0 bridgehead atoms. The molecule has 0 radical (unpaired) electrons. The van der Waals surface area contributed by atoms with Crippen LogP contribution in [0, 0.1) is 6.92 Å². The van der Waals surface area contributed by atoms with E-state index in [4.69, 9.17) is 0 Å². The van der Waals surface area contributed by atoms with E-state index in [0.29, 0.717) is 0 Å². The highest BCUT2D eigenvalue weighted by Gasteiger charge is 2.05. The zero-order chi connectivity index (χ0) is 13.9. The Hall–Kier alpha value is -1.94. The summed E-state index contributed by atoms with van der Waals surface area (Å²) in [6.07, 6.45) is 4.81. The molecule has 2 aromatic heterocycles. The molecule has 0 spiro atoms. The number of nitrogens with zero attached hydrogens (tertiary/aromatic N) is 2. The van der Waals surface area contributed by atoms with Crippen LogP contribution in [0.2, 0.25) is 0 Å². The van der Waals surface area contributed by atoms with Gasteiger partial charge in [0, 0.05) is 28.3 Å². The van der Waals surface area contributed by atoms with Gasteiger partial charge in [0.05, 0.1) is 17.1 Å². The first-order chi connectivity index (χ1) is 9.78. The van der Waals surface area contributed by atoms with Crippen LogP contribution in [0.25, 0.3) is 10.9 Å². The first-order valence-corrected chi connectivity index (χ1v) is 7.61. The van der Waals surface area contributed by atoms with Crippen molar-refractivity contribution in [3.05, 3.63) is 52.1 Å². The summed E-state index contributed by atoms with van der Waals surface area (Å²) in [6, 6.07) is 8.33. The van der Waals surface area contributed by atoms with Gasteiger partial charge in [-0.15, -0.1) is 11.3 Å². The van der Waals surface area contributed by atoms with Crippen LogP contribution < -0.4 is 5.32 Å². The number of nitrogens with one attached hydrogen (secondary N) is 1. The fourth-order valence-corrected chi connectivity index (χ4v) is 3.05. The molecule has 3 nitrogen and oxygen atoms in total. The van der Waals surface area contributed by atoms with E-state index in [2.05, 4.69) is 47.3 Å². The molecule has 20 heavy (non-hydrogen) atoms. The standard InChI is InChI=1S/C16H17N3S/c1-3-15-19-10-12(20-15)9-18-14-7-6-11(2)16-13(14)5-4-8-17-16/h4-8,10,18H,3,9H2,1-2H3. The van der Waals surface area contributed by atoms with Gasteiger partial charge < -0.3 is 5.32 Å². The second-order valence-electron chi connectivity index (χ2n) is 4.76. The molecule has 0 aliphatic carbocycles. The average Bonchev–Trinajstić information content (AvgIpc) is 2.95. The average molecular weight is 283 g/mol. The number of aryl methyl sites for hydroxylation is 2. The lowest BCUT2D eigenvalue weighted by atomic mass is 10.1. The van der Waals surface area contributed by atoms with Crippen molar-refractivity contribution in [1.82, 2.24) is 9.97 Å². The normalized spacial score (nSPS) is 10.9. The third-order valence-corrected chi connectivity index (χ3v) is 4.47. The SMILES string of the molecule is CCc1ncc(CNc2ccc(C)c3ncccc23)s1. The summed E-state index contributed by atoms with van der Waals surface area (Å²) >= 11 is 1.77. The van der Waals surface area contributed by atoms with Crippen LogP contribution in [0.5, 0.6) is 0 Å². The summed E-state index contributed by atoms with van der Waals surface area (Å²) in [5, 5.41) is 5.86. The molecular weight excluding hydrogens is 266 g/mol. The van der Waals surface area contributed by atoms with Gasteiger partial charge in [-0.05, 0) is 37.1 Å². The van der Waals surface area contributed by atoms with E-state index in [1.165, 1.54) is 20.8 Å². The first-order valence-electron chi connectivity index (χ1n) is 6.79. The van der Waals surface area contributed by atoms with Crippen molar-refractivity contribution in [2.24, 2.45) is 0 Å². The van der Waals surface area contributed by atoms with Crippen molar-refractivity contribution in [2.45, 2.75) is 26.8 Å². The Labute approximate surface area is 122 Å². The number of hydrogen-bond acceptors (Lipinski definition) is 4. The van der Waals surface area contributed by atoms with Gasteiger partial charge in [0.25, 0.3) is 0 Å². The molecule has 102 valence electrons. The lowest BCUT2D eigenvalue weighted by molar-refractivity contribution is 1.09. The third kappa shape index (κ3) is 2.51. The molecule has 3 rings (SSSR count). The number of aromatic nitrogens is 2. The first kappa shape index (κ1) is 13.1. The van der Waals surface area contributed by atoms with Crippen LogP contribution in [0.3, 0.4) is 0 Å². The van der Waals surface area contributed by atoms with Gasteiger partial charge in [-0.2, -0.15) is 0 Å². The second-order valence-corrected chi connectivity index (χ2v) is 5.96. The summed E-state index contributed by atoms with van der Waals surface area (Å²) in [7, 11) is 0. The van der Waals surface area contributed by atoms with Gasteiger partial charge in [0.15, 0.2) is 0 Å². The second kappa shape index (κ2) is 5.59. The summed E-state index contributed by atoms with van der Waals surface area (Å²) in [5.41, 5.74) is 3.40. The van der Waals surface area contributed by atoms with E-state index in [9.17, 15) is 0 Å². The van der Waals surface area contributed by atoms with Gasteiger partial charge in [0.2, 0.25) is 0 Å². The topological polar surface area (TPSA) is 37.8 Å². The lowest BCUT2D eigenvalue weighted by Crippen LogP contribution is -1.99. The molecule has 0 amide bonds. The molecule has 3 aromatic rings.